The lowest BCUT2D eigenvalue weighted by atomic mass is 10.4. The monoisotopic (exact) mass is 790 g/mol. The van der Waals surface area contributed by atoms with Crippen molar-refractivity contribution in [2.45, 2.75) is 0 Å². The van der Waals surface area contributed by atoms with Crippen LogP contribution in [0.2, 0.25) is 0 Å². The van der Waals surface area contributed by atoms with E-state index >= 15 is 0 Å². The van der Waals surface area contributed by atoms with Crippen molar-refractivity contribution in [2.24, 2.45) is 0 Å². The van der Waals surface area contributed by atoms with Crippen LogP contribution in [0.4, 0.5) is 0 Å². The number of hydrogen-bond donors (Lipinski definition) is 0. The van der Waals surface area contributed by atoms with E-state index in [1.54, 1.807) is 46.4 Å². The Balaban J connectivity index is 1.67. The van der Waals surface area contributed by atoms with Gasteiger partial charge in [-0.2, -0.15) is 11.8 Å². The lowest BCUT2D eigenvalue weighted by Gasteiger charge is -2.28. The van der Waals surface area contributed by atoms with Gasteiger partial charge in [0.25, 0.3) is 0 Å². The highest BCUT2D eigenvalue weighted by atomic mass is 33.1. The van der Waals surface area contributed by atoms with Gasteiger partial charge in [0.2, 0.25) is 0 Å². The van der Waals surface area contributed by atoms with Crippen LogP contribution >= 0.6 is 33.3 Å². The summed E-state index contributed by atoms with van der Waals surface area (Å²) in [6.07, 6.45) is 13.6. The summed E-state index contributed by atoms with van der Waals surface area (Å²) in [6.45, 7) is 9.85. The van der Waals surface area contributed by atoms with Crippen molar-refractivity contribution in [3.63, 3.8) is 0 Å². The molecule has 2 aliphatic heterocycles. The molecule has 0 aromatic rings. The Bertz CT molecular complexity index is 1050. The maximum Gasteiger partial charge on any atom is 0.332 e. The summed E-state index contributed by atoms with van der Waals surface area (Å²) in [4.78, 5) is 56.7. The van der Waals surface area contributed by atoms with Gasteiger partial charge in [0.15, 0.2) is 0 Å². The standard InChI is InChI=1S/C34H54N4O11S3/c1-43-23-24-46-31(39)3-7-35(11-13-37-15-19-44-20-16-37)9-5-33(41)48-26-29-51-52-30-27-49-34(42)6-10-36(8-4-32(40)47-25-28-50-2)12-14-38-17-21-45-22-18-38/h3-10H,11-30H2,1-2H3/b7-3+,8-4+,9-5+,10-6+. The number of morpholine rings is 2. The molecule has 18 heteroatoms. The number of carbonyl (C=O) groups is 4. The Labute approximate surface area is 319 Å². The van der Waals surface area contributed by atoms with E-state index in [0.717, 1.165) is 45.0 Å². The van der Waals surface area contributed by atoms with Gasteiger partial charge in [-0.05, 0) is 6.26 Å². The molecule has 2 saturated heterocycles. The maximum atomic E-state index is 12.3. The van der Waals surface area contributed by atoms with E-state index in [2.05, 4.69) is 9.80 Å². The zero-order valence-corrected chi connectivity index (χ0v) is 32.7. The minimum absolute atomic E-state index is 0.155. The first-order valence-corrected chi connectivity index (χ1v) is 21.0. The molecule has 0 amide bonds. The third kappa shape index (κ3) is 24.5. The van der Waals surface area contributed by atoms with Gasteiger partial charge in [-0.1, -0.05) is 21.6 Å². The molecule has 0 N–H and O–H groups in total. The van der Waals surface area contributed by atoms with Crippen molar-refractivity contribution in [1.82, 2.24) is 19.6 Å². The van der Waals surface area contributed by atoms with Gasteiger partial charge in [0.1, 0.15) is 26.4 Å². The van der Waals surface area contributed by atoms with E-state index < -0.39 is 23.9 Å². The van der Waals surface area contributed by atoms with Crippen LogP contribution in [0.3, 0.4) is 0 Å². The quantitative estimate of drug-likeness (QED) is 0.0392. The van der Waals surface area contributed by atoms with Crippen LogP contribution < -0.4 is 0 Å². The van der Waals surface area contributed by atoms with Crippen LogP contribution in [0.15, 0.2) is 49.1 Å². The minimum Gasteiger partial charge on any atom is -0.462 e. The molecular formula is C34H54N4O11S3. The molecule has 0 unspecified atom stereocenters. The van der Waals surface area contributed by atoms with E-state index in [4.69, 9.17) is 33.2 Å². The van der Waals surface area contributed by atoms with Crippen LogP contribution in [0.25, 0.3) is 0 Å². The van der Waals surface area contributed by atoms with Crippen LogP contribution in [-0.2, 0) is 52.3 Å². The normalized spacial score (nSPS) is 15.8. The fourth-order valence-corrected chi connectivity index (χ4v) is 6.21. The molecule has 2 fully saturated rings. The highest BCUT2D eigenvalue weighted by molar-refractivity contribution is 8.76. The Morgan fingerprint density at radius 3 is 1.31 bits per heavy atom. The smallest absolute Gasteiger partial charge is 0.332 e. The molecule has 0 saturated carbocycles. The molecule has 0 aromatic heterocycles. The fraction of sp³-hybridized carbons (Fsp3) is 0.647. The summed E-state index contributed by atoms with van der Waals surface area (Å²) >= 11 is 1.60. The second kappa shape index (κ2) is 30.7. The first kappa shape index (κ1) is 45.4. The SMILES string of the molecule is COCCOC(=O)/C=C/N(/C=C/C(=O)OCCSSCCOC(=O)/C=C/N(/C=C/C(=O)OCCSC)CCN1CCOCC1)CCN1CCOCC1. The van der Waals surface area contributed by atoms with Gasteiger partial charge in [0, 0.05) is 126 Å². The van der Waals surface area contributed by atoms with E-state index in [1.807, 2.05) is 6.26 Å². The van der Waals surface area contributed by atoms with Gasteiger partial charge >= 0.3 is 23.9 Å². The summed E-state index contributed by atoms with van der Waals surface area (Å²) in [5.74, 6) is -0.101. The van der Waals surface area contributed by atoms with Gasteiger partial charge in [0.05, 0.1) is 33.0 Å². The number of nitrogens with zero attached hydrogens (tertiary/aromatic N) is 4. The molecule has 52 heavy (non-hydrogen) atoms. The Kier molecular flexibility index (Phi) is 26.8. The van der Waals surface area contributed by atoms with Crippen molar-refractivity contribution < 1.29 is 52.3 Å². The molecule has 2 aliphatic rings. The molecular weight excluding hydrogens is 737 g/mol. The lowest BCUT2D eigenvalue weighted by Crippen LogP contribution is -2.39. The number of rotatable bonds is 27. The molecule has 15 nitrogen and oxygen atoms in total. The Morgan fingerprint density at radius 1 is 0.577 bits per heavy atom. The second-order valence-corrected chi connectivity index (χ2v) is 14.6. The van der Waals surface area contributed by atoms with E-state index in [-0.39, 0.29) is 19.8 Å². The first-order chi connectivity index (χ1) is 25.4. The largest absolute Gasteiger partial charge is 0.462 e. The van der Waals surface area contributed by atoms with E-state index in [1.165, 1.54) is 53.0 Å². The first-order valence-electron chi connectivity index (χ1n) is 17.1. The van der Waals surface area contributed by atoms with Crippen molar-refractivity contribution in [2.75, 3.05) is 142 Å². The van der Waals surface area contributed by atoms with Gasteiger partial charge in [-0.25, -0.2) is 19.2 Å². The molecule has 0 spiro atoms. The van der Waals surface area contributed by atoms with E-state index in [0.29, 0.717) is 64.2 Å². The number of ether oxygens (including phenoxy) is 7. The van der Waals surface area contributed by atoms with Crippen LogP contribution in [0, 0.1) is 0 Å². The minimum atomic E-state index is -0.503. The maximum absolute atomic E-state index is 12.3. The predicted octanol–water partition coefficient (Wildman–Crippen LogP) is 1.87. The lowest BCUT2D eigenvalue weighted by molar-refractivity contribution is -0.139. The third-order valence-corrected chi connectivity index (χ3v) is 10.0. The number of thioether (sulfide) groups is 1. The predicted molar refractivity (Wildman–Crippen MR) is 203 cm³/mol. The molecule has 0 aliphatic carbocycles. The van der Waals surface area contributed by atoms with Crippen molar-refractivity contribution in [3.8, 4) is 0 Å². The van der Waals surface area contributed by atoms with E-state index in [9.17, 15) is 19.2 Å². The summed E-state index contributed by atoms with van der Waals surface area (Å²) < 4.78 is 36.5. The van der Waals surface area contributed by atoms with Crippen molar-refractivity contribution in [3.05, 3.63) is 49.1 Å². The highest BCUT2D eigenvalue weighted by Crippen LogP contribution is 2.20. The summed E-state index contributed by atoms with van der Waals surface area (Å²) in [6, 6.07) is 0. The second-order valence-electron chi connectivity index (χ2n) is 10.9. The molecule has 0 bridgehead atoms. The van der Waals surface area contributed by atoms with Crippen LogP contribution in [0.5, 0.6) is 0 Å². The third-order valence-electron chi connectivity index (χ3n) is 7.13. The Hall–Kier alpha value is -2.71. The topological polar surface area (TPSA) is 146 Å². The van der Waals surface area contributed by atoms with Gasteiger partial charge in [-0.15, -0.1) is 0 Å². The average Bonchev–Trinajstić information content (AvgIpc) is 3.16. The number of hydrogen-bond acceptors (Lipinski definition) is 18. The zero-order chi connectivity index (χ0) is 37.5. The summed E-state index contributed by atoms with van der Waals surface area (Å²) in [7, 11) is 4.53. The number of carbonyl (C=O) groups excluding carboxylic acids is 4. The molecule has 294 valence electrons. The molecule has 0 atom stereocenters. The fourth-order valence-electron chi connectivity index (χ4n) is 4.30. The van der Waals surface area contributed by atoms with Gasteiger partial charge in [-0.3, -0.25) is 9.80 Å². The van der Waals surface area contributed by atoms with Crippen molar-refractivity contribution in [1.29, 1.82) is 0 Å². The Morgan fingerprint density at radius 2 is 0.942 bits per heavy atom. The molecule has 2 rings (SSSR count). The summed E-state index contributed by atoms with van der Waals surface area (Å²) in [5, 5.41) is 0. The average molecular weight is 791 g/mol. The zero-order valence-electron chi connectivity index (χ0n) is 30.3. The number of methoxy groups -OCH3 is 1. The molecule has 0 radical (unpaired) electrons. The van der Waals surface area contributed by atoms with Crippen molar-refractivity contribution >= 4 is 57.2 Å². The molecule has 0 aromatic carbocycles. The van der Waals surface area contributed by atoms with Crippen LogP contribution in [0.1, 0.15) is 0 Å². The molecule has 2 heterocycles. The van der Waals surface area contributed by atoms with Gasteiger partial charge < -0.3 is 43.0 Å². The number of esters is 4. The highest BCUT2D eigenvalue weighted by Gasteiger charge is 2.12. The van der Waals surface area contributed by atoms with Crippen LogP contribution in [-0.4, -0.2) is 186 Å². The summed E-state index contributed by atoms with van der Waals surface area (Å²) in [5.41, 5.74) is 0.